The number of carbonyl (C=O) groups is 1. The summed E-state index contributed by atoms with van der Waals surface area (Å²) in [6, 6.07) is 11.6. The van der Waals surface area contributed by atoms with Gasteiger partial charge in [-0.25, -0.2) is 4.79 Å². The van der Waals surface area contributed by atoms with Crippen LogP contribution in [0.25, 0.3) is 0 Å². The summed E-state index contributed by atoms with van der Waals surface area (Å²) >= 11 is 3.40. The topological polar surface area (TPSA) is 99.9 Å². The summed E-state index contributed by atoms with van der Waals surface area (Å²) in [5, 5.41) is 19.7. The quantitative estimate of drug-likeness (QED) is 0.761. The highest BCUT2D eigenvalue weighted by atomic mass is 79.9. The average molecular weight is 412 g/mol. The van der Waals surface area contributed by atoms with Crippen LogP contribution in [-0.2, 0) is 9.53 Å². The van der Waals surface area contributed by atoms with Crippen molar-refractivity contribution in [3.8, 4) is 12.1 Å². The molecule has 0 unspecified atom stereocenters. The summed E-state index contributed by atoms with van der Waals surface area (Å²) in [7, 11) is 0. The highest BCUT2D eigenvalue weighted by molar-refractivity contribution is 9.10. The zero-order valence-corrected chi connectivity index (χ0v) is 15.9. The smallest absolute Gasteiger partial charge is 0.333 e. The minimum atomic E-state index is -1.74. The molecule has 2 aliphatic carbocycles. The van der Waals surface area contributed by atoms with E-state index in [9.17, 15) is 15.3 Å². The van der Waals surface area contributed by atoms with Crippen LogP contribution in [0.5, 0.6) is 0 Å². The van der Waals surface area contributed by atoms with Gasteiger partial charge in [-0.1, -0.05) is 34.1 Å². The maximum absolute atomic E-state index is 12.9. The predicted octanol–water partition coefficient (Wildman–Crippen LogP) is 3.69. The molecule has 2 atom stereocenters. The molecule has 0 heterocycles. The predicted molar refractivity (Wildman–Crippen MR) is 99.2 cm³/mol. The Bertz CT molecular complexity index is 885. The van der Waals surface area contributed by atoms with Crippen LogP contribution in [0.1, 0.15) is 31.2 Å². The number of nitrogens with zero attached hydrogens (tertiary/aromatic N) is 2. The third kappa shape index (κ3) is 2.81. The highest BCUT2D eigenvalue weighted by Crippen LogP contribution is 2.52. The standard InChI is InChI=1S/C20H18BrN3O2/c1-2-26-19(25)20(11-23)17(13-5-7-14(21)8-6-13)9-15(12-3-4-12)16(10-22)18(20)24/h5-9,12,17H,2-4,24H2,1H3/t17-,20+/m0/s1. The molecule has 2 aliphatic rings. The Labute approximate surface area is 160 Å². The zero-order valence-electron chi connectivity index (χ0n) is 14.3. The molecule has 5 nitrogen and oxygen atoms in total. The molecule has 0 saturated heterocycles. The van der Waals surface area contributed by atoms with Crippen molar-refractivity contribution < 1.29 is 9.53 Å². The van der Waals surface area contributed by atoms with Crippen molar-refractivity contribution in [1.82, 2.24) is 0 Å². The molecule has 1 aromatic rings. The van der Waals surface area contributed by atoms with Crippen LogP contribution >= 0.6 is 15.9 Å². The summed E-state index contributed by atoms with van der Waals surface area (Å²) in [6.07, 6.45) is 3.84. The molecular weight excluding hydrogens is 394 g/mol. The number of esters is 1. The van der Waals surface area contributed by atoms with Crippen molar-refractivity contribution in [2.24, 2.45) is 17.1 Å². The second-order valence-electron chi connectivity index (χ2n) is 6.47. The number of rotatable bonds is 4. The first-order chi connectivity index (χ1) is 12.5. The van der Waals surface area contributed by atoms with Crippen molar-refractivity contribution in [3.63, 3.8) is 0 Å². The Morgan fingerprint density at radius 1 is 1.35 bits per heavy atom. The summed E-state index contributed by atoms with van der Waals surface area (Å²) in [4.78, 5) is 12.9. The summed E-state index contributed by atoms with van der Waals surface area (Å²) in [5.74, 6) is -1.06. The van der Waals surface area contributed by atoms with Gasteiger partial charge in [0.05, 0.1) is 23.9 Å². The minimum absolute atomic E-state index is 0.00160. The lowest BCUT2D eigenvalue weighted by atomic mass is 9.65. The van der Waals surface area contributed by atoms with Crippen LogP contribution < -0.4 is 5.73 Å². The Kier molecular flexibility index (Phi) is 4.89. The van der Waals surface area contributed by atoms with Gasteiger partial charge < -0.3 is 10.5 Å². The molecule has 0 bridgehead atoms. The molecule has 2 N–H and O–H groups in total. The Morgan fingerprint density at radius 3 is 2.50 bits per heavy atom. The average Bonchev–Trinajstić information content (AvgIpc) is 3.47. The number of halogens is 1. The molecule has 0 aliphatic heterocycles. The van der Waals surface area contributed by atoms with Crippen LogP contribution in [0, 0.1) is 34.0 Å². The Morgan fingerprint density at radius 2 is 2.00 bits per heavy atom. The first-order valence-corrected chi connectivity index (χ1v) is 9.25. The van der Waals surface area contributed by atoms with E-state index in [1.165, 1.54) is 0 Å². The van der Waals surface area contributed by atoms with E-state index in [-0.39, 0.29) is 23.8 Å². The van der Waals surface area contributed by atoms with Crippen molar-refractivity contribution >= 4 is 21.9 Å². The Hall–Kier alpha value is -2.57. The number of hydrogen-bond donors (Lipinski definition) is 1. The number of allylic oxidation sites excluding steroid dienone is 3. The van der Waals surface area contributed by atoms with E-state index in [0.717, 1.165) is 28.5 Å². The summed E-state index contributed by atoms with van der Waals surface area (Å²) in [5.41, 5.74) is 6.43. The highest BCUT2D eigenvalue weighted by Gasteiger charge is 2.54. The maximum Gasteiger partial charge on any atom is 0.333 e. The molecule has 1 saturated carbocycles. The largest absolute Gasteiger partial charge is 0.464 e. The molecule has 6 heteroatoms. The first kappa shape index (κ1) is 18.2. The van der Waals surface area contributed by atoms with E-state index in [1.54, 1.807) is 6.92 Å². The molecule has 0 radical (unpaired) electrons. The van der Waals surface area contributed by atoms with Gasteiger partial charge in [0.15, 0.2) is 0 Å². The molecule has 3 rings (SSSR count). The van der Waals surface area contributed by atoms with E-state index in [1.807, 2.05) is 30.3 Å². The molecule has 0 amide bonds. The third-order valence-electron chi connectivity index (χ3n) is 4.93. The number of nitrogens with two attached hydrogens (primary N) is 1. The van der Waals surface area contributed by atoms with Crippen LogP contribution in [0.15, 0.2) is 51.7 Å². The van der Waals surface area contributed by atoms with Crippen LogP contribution in [0.2, 0.25) is 0 Å². The normalized spacial score (nSPS) is 25.1. The summed E-state index contributed by atoms with van der Waals surface area (Å²) in [6.45, 7) is 1.81. The molecule has 26 heavy (non-hydrogen) atoms. The second-order valence-corrected chi connectivity index (χ2v) is 7.38. The van der Waals surface area contributed by atoms with Crippen molar-refractivity contribution in [2.75, 3.05) is 6.61 Å². The monoisotopic (exact) mass is 411 g/mol. The third-order valence-corrected chi connectivity index (χ3v) is 5.46. The molecular formula is C20H18BrN3O2. The van der Waals surface area contributed by atoms with Gasteiger partial charge in [0.25, 0.3) is 0 Å². The lowest BCUT2D eigenvalue weighted by Crippen LogP contribution is -2.44. The van der Waals surface area contributed by atoms with Gasteiger partial charge in [-0.15, -0.1) is 0 Å². The molecule has 0 aromatic heterocycles. The van der Waals surface area contributed by atoms with Crippen molar-refractivity contribution in [1.29, 1.82) is 10.5 Å². The fourth-order valence-corrected chi connectivity index (χ4v) is 3.71. The lowest BCUT2D eigenvalue weighted by molar-refractivity contribution is -0.150. The van der Waals surface area contributed by atoms with Crippen molar-refractivity contribution in [2.45, 2.75) is 25.7 Å². The van der Waals surface area contributed by atoms with E-state index in [4.69, 9.17) is 10.5 Å². The number of ether oxygens (including phenoxy) is 1. The molecule has 1 fully saturated rings. The number of benzene rings is 1. The van der Waals surface area contributed by atoms with Gasteiger partial charge in [0.1, 0.15) is 6.07 Å². The zero-order chi connectivity index (χ0) is 18.9. The first-order valence-electron chi connectivity index (χ1n) is 8.45. The molecule has 1 aromatic carbocycles. The van der Waals surface area contributed by atoms with Crippen LogP contribution in [-0.4, -0.2) is 12.6 Å². The van der Waals surface area contributed by atoms with Gasteiger partial charge in [-0.2, -0.15) is 10.5 Å². The van der Waals surface area contributed by atoms with E-state index in [0.29, 0.717) is 0 Å². The molecule has 132 valence electrons. The van der Waals surface area contributed by atoms with Gasteiger partial charge in [-0.05, 0) is 49.0 Å². The maximum atomic E-state index is 12.9. The van der Waals surface area contributed by atoms with E-state index in [2.05, 4.69) is 28.1 Å². The van der Waals surface area contributed by atoms with Gasteiger partial charge >= 0.3 is 5.97 Å². The Balaban J connectivity index is 2.24. The second kappa shape index (κ2) is 6.97. The number of nitriles is 2. The SMILES string of the molecule is CCOC(=O)[C@@]1(C#N)C(N)=C(C#N)C(C2CC2)=C[C@H]1c1ccc(Br)cc1. The van der Waals surface area contributed by atoms with Gasteiger partial charge in [0, 0.05) is 10.4 Å². The van der Waals surface area contributed by atoms with Gasteiger partial charge in [-0.3, -0.25) is 0 Å². The fraction of sp³-hybridized carbons (Fsp3) is 0.350. The lowest BCUT2D eigenvalue weighted by Gasteiger charge is -2.36. The number of hydrogen-bond acceptors (Lipinski definition) is 5. The minimum Gasteiger partial charge on any atom is -0.464 e. The van der Waals surface area contributed by atoms with Crippen LogP contribution in [0.4, 0.5) is 0 Å². The van der Waals surface area contributed by atoms with E-state index >= 15 is 0 Å². The van der Waals surface area contributed by atoms with Gasteiger partial charge in [0.2, 0.25) is 5.41 Å². The number of carbonyl (C=O) groups excluding carboxylic acids is 1. The van der Waals surface area contributed by atoms with Crippen molar-refractivity contribution in [3.05, 3.63) is 57.2 Å². The molecule has 0 spiro atoms. The summed E-state index contributed by atoms with van der Waals surface area (Å²) < 4.78 is 6.09. The van der Waals surface area contributed by atoms with E-state index < -0.39 is 17.3 Å². The van der Waals surface area contributed by atoms with Crippen LogP contribution in [0.3, 0.4) is 0 Å². The fourth-order valence-electron chi connectivity index (χ4n) is 3.44.